The number of aliphatic hydroxyl groups excluding tert-OH is 1. The molecule has 0 amide bonds. The summed E-state index contributed by atoms with van der Waals surface area (Å²) in [6, 6.07) is 6.87. The number of fused-ring (bicyclic) bond motifs is 2. The van der Waals surface area contributed by atoms with Gasteiger partial charge in [0.05, 0.1) is 29.5 Å². The molecular formula is C23H23FN4O2. The van der Waals surface area contributed by atoms with Crippen molar-refractivity contribution < 1.29 is 9.50 Å². The minimum Gasteiger partial charge on any atom is -0.396 e. The molecule has 1 aliphatic rings. The van der Waals surface area contributed by atoms with Gasteiger partial charge in [0, 0.05) is 30.4 Å². The van der Waals surface area contributed by atoms with Crippen molar-refractivity contribution in [2.75, 3.05) is 6.61 Å². The number of aryl methyl sites for hydroxylation is 1. The van der Waals surface area contributed by atoms with Crippen LogP contribution in [0.1, 0.15) is 43.0 Å². The summed E-state index contributed by atoms with van der Waals surface area (Å²) < 4.78 is 17.3. The maximum absolute atomic E-state index is 13.7. The predicted octanol–water partition coefficient (Wildman–Crippen LogP) is 3.58. The van der Waals surface area contributed by atoms with Crippen LogP contribution in [0, 0.1) is 5.82 Å². The third-order valence-corrected chi connectivity index (χ3v) is 5.87. The van der Waals surface area contributed by atoms with E-state index in [0.717, 1.165) is 52.3 Å². The molecule has 0 aliphatic heterocycles. The van der Waals surface area contributed by atoms with Crippen LogP contribution in [0.3, 0.4) is 0 Å². The molecule has 0 unspecified atom stereocenters. The van der Waals surface area contributed by atoms with Crippen LogP contribution < -0.4 is 5.69 Å². The molecule has 3 heterocycles. The minimum absolute atomic E-state index is 0.0391. The molecule has 3 aromatic heterocycles. The van der Waals surface area contributed by atoms with E-state index in [2.05, 4.69) is 9.97 Å². The van der Waals surface area contributed by atoms with Gasteiger partial charge in [0.25, 0.3) is 0 Å². The van der Waals surface area contributed by atoms with Gasteiger partial charge in [-0.3, -0.25) is 19.1 Å². The number of aliphatic hydroxyl groups is 1. The van der Waals surface area contributed by atoms with E-state index < -0.39 is 0 Å². The molecule has 7 heteroatoms. The Morgan fingerprint density at radius 3 is 2.80 bits per heavy atom. The summed E-state index contributed by atoms with van der Waals surface area (Å²) in [5.74, 6) is -0.298. The lowest BCUT2D eigenvalue weighted by molar-refractivity contribution is 0.284. The third-order valence-electron chi connectivity index (χ3n) is 5.87. The van der Waals surface area contributed by atoms with Crippen molar-refractivity contribution in [3.63, 3.8) is 0 Å². The number of imidazole rings is 1. The number of aromatic nitrogens is 4. The summed E-state index contributed by atoms with van der Waals surface area (Å²) in [5, 5.41) is 10.9. The van der Waals surface area contributed by atoms with Crippen LogP contribution in [-0.2, 0) is 13.0 Å². The molecule has 1 N–H and O–H groups in total. The lowest BCUT2D eigenvalue weighted by Gasteiger charge is -2.13. The Hall–Kier alpha value is -3.06. The zero-order valence-electron chi connectivity index (χ0n) is 16.6. The van der Waals surface area contributed by atoms with Gasteiger partial charge in [0.15, 0.2) is 0 Å². The van der Waals surface area contributed by atoms with E-state index in [1.165, 1.54) is 12.1 Å². The number of halogens is 1. The SMILES string of the molecule is O=c1n(Cc2ncc3cc(F)ccc3c2CCCCO)c2cnccc2n1C1CC1. The monoisotopic (exact) mass is 406 g/mol. The molecule has 5 rings (SSSR count). The topological polar surface area (TPSA) is 72.9 Å². The van der Waals surface area contributed by atoms with Crippen LogP contribution in [-0.4, -0.2) is 30.8 Å². The van der Waals surface area contributed by atoms with Gasteiger partial charge in [0.2, 0.25) is 0 Å². The molecule has 1 fully saturated rings. The number of rotatable bonds is 7. The Morgan fingerprint density at radius 1 is 1.13 bits per heavy atom. The highest BCUT2D eigenvalue weighted by atomic mass is 19.1. The first kappa shape index (κ1) is 18.9. The molecule has 1 saturated carbocycles. The van der Waals surface area contributed by atoms with Crippen molar-refractivity contribution in [1.82, 2.24) is 19.1 Å². The molecule has 0 saturated heterocycles. The molecule has 0 radical (unpaired) electrons. The fourth-order valence-corrected chi connectivity index (χ4v) is 4.24. The Balaban J connectivity index is 1.64. The Kier molecular flexibility index (Phi) is 4.83. The number of nitrogens with zero attached hydrogens (tertiary/aromatic N) is 4. The van der Waals surface area contributed by atoms with E-state index in [9.17, 15) is 14.3 Å². The molecule has 1 aliphatic carbocycles. The van der Waals surface area contributed by atoms with Gasteiger partial charge in [-0.25, -0.2) is 9.18 Å². The average molecular weight is 406 g/mol. The number of hydrogen-bond donors (Lipinski definition) is 1. The van der Waals surface area contributed by atoms with Gasteiger partial charge in [-0.2, -0.15) is 0 Å². The second-order valence-corrected chi connectivity index (χ2v) is 7.93. The van der Waals surface area contributed by atoms with Crippen molar-refractivity contribution >= 4 is 21.8 Å². The fraction of sp³-hybridized carbons (Fsp3) is 0.348. The maximum atomic E-state index is 13.7. The van der Waals surface area contributed by atoms with Crippen LogP contribution >= 0.6 is 0 Å². The average Bonchev–Trinajstić information content (AvgIpc) is 3.54. The van der Waals surface area contributed by atoms with Gasteiger partial charge >= 0.3 is 5.69 Å². The summed E-state index contributed by atoms with van der Waals surface area (Å²) >= 11 is 0. The molecule has 0 bridgehead atoms. The first-order valence-electron chi connectivity index (χ1n) is 10.4. The summed E-state index contributed by atoms with van der Waals surface area (Å²) in [6.45, 7) is 0.463. The standard InChI is InChI=1S/C23H23FN4O2/c24-16-4-7-18-15(11-16)12-26-20(19(18)3-1-2-10-29)14-27-22-13-25-9-8-21(22)28(23(27)30)17-5-6-17/h4,7-9,11-13,17,29H,1-3,5-6,10,14H2. The van der Waals surface area contributed by atoms with Crippen molar-refractivity contribution in [3.05, 3.63) is 70.4 Å². The van der Waals surface area contributed by atoms with Crippen LogP contribution in [0.5, 0.6) is 0 Å². The molecule has 0 spiro atoms. The van der Waals surface area contributed by atoms with Gasteiger partial charge in [0.1, 0.15) is 5.82 Å². The van der Waals surface area contributed by atoms with Gasteiger partial charge in [-0.1, -0.05) is 6.07 Å². The van der Waals surface area contributed by atoms with E-state index in [1.54, 1.807) is 29.2 Å². The number of hydrogen-bond acceptors (Lipinski definition) is 4. The van der Waals surface area contributed by atoms with Crippen LogP contribution in [0.4, 0.5) is 4.39 Å². The van der Waals surface area contributed by atoms with Crippen LogP contribution in [0.25, 0.3) is 21.8 Å². The highest BCUT2D eigenvalue weighted by Crippen LogP contribution is 2.36. The Labute approximate surface area is 172 Å². The largest absolute Gasteiger partial charge is 0.396 e. The van der Waals surface area contributed by atoms with E-state index in [0.29, 0.717) is 19.4 Å². The molecular weight excluding hydrogens is 383 g/mol. The second-order valence-electron chi connectivity index (χ2n) is 7.93. The summed E-state index contributed by atoms with van der Waals surface area (Å²) in [6.07, 6.45) is 9.35. The van der Waals surface area contributed by atoms with Gasteiger partial charge < -0.3 is 5.11 Å². The van der Waals surface area contributed by atoms with Crippen LogP contribution in [0.15, 0.2) is 47.7 Å². The maximum Gasteiger partial charge on any atom is 0.329 e. The highest BCUT2D eigenvalue weighted by molar-refractivity contribution is 5.85. The zero-order chi connectivity index (χ0) is 20.7. The fourth-order valence-electron chi connectivity index (χ4n) is 4.24. The quantitative estimate of drug-likeness (QED) is 0.476. The lowest BCUT2D eigenvalue weighted by atomic mass is 9.99. The molecule has 30 heavy (non-hydrogen) atoms. The van der Waals surface area contributed by atoms with E-state index in [4.69, 9.17) is 0 Å². The normalized spacial score (nSPS) is 14.1. The summed E-state index contributed by atoms with van der Waals surface area (Å²) in [7, 11) is 0. The van der Waals surface area contributed by atoms with Gasteiger partial charge in [-0.15, -0.1) is 0 Å². The number of benzene rings is 1. The van der Waals surface area contributed by atoms with Gasteiger partial charge in [-0.05, 0) is 61.3 Å². The smallest absolute Gasteiger partial charge is 0.329 e. The van der Waals surface area contributed by atoms with Crippen LogP contribution in [0.2, 0.25) is 0 Å². The van der Waals surface area contributed by atoms with Crippen molar-refractivity contribution in [2.45, 2.75) is 44.7 Å². The van der Waals surface area contributed by atoms with Crippen molar-refractivity contribution in [3.8, 4) is 0 Å². The first-order valence-corrected chi connectivity index (χ1v) is 10.4. The molecule has 6 nitrogen and oxygen atoms in total. The zero-order valence-corrected chi connectivity index (χ0v) is 16.6. The molecule has 4 aromatic rings. The number of pyridine rings is 2. The predicted molar refractivity (Wildman–Crippen MR) is 113 cm³/mol. The Morgan fingerprint density at radius 2 is 2.00 bits per heavy atom. The molecule has 1 aromatic carbocycles. The second kappa shape index (κ2) is 7.65. The van der Waals surface area contributed by atoms with Crippen molar-refractivity contribution in [1.29, 1.82) is 0 Å². The lowest BCUT2D eigenvalue weighted by Crippen LogP contribution is -2.25. The minimum atomic E-state index is -0.298. The van der Waals surface area contributed by atoms with E-state index in [-0.39, 0.29) is 24.2 Å². The summed E-state index contributed by atoms with van der Waals surface area (Å²) in [4.78, 5) is 22.1. The summed E-state index contributed by atoms with van der Waals surface area (Å²) in [5.41, 5.74) is 3.47. The van der Waals surface area contributed by atoms with E-state index >= 15 is 0 Å². The molecule has 154 valence electrons. The third kappa shape index (κ3) is 3.29. The first-order chi connectivity index (χ1) is 14.7. The van der Waals surface area contributed by atoms with Crippen molar-refractivity contribution in [2.24, 2.45) is 0 Å². The number of unbranched alkanes of at least 4 members (excludes halogenated alkanes) is 1. The van der Waals surface area contributed by atoms with E-state index in [1.807, 2.05) is 10.6 Å². The molecule has 0 atom stereocenters. The highest BCUT2D eigenvalue weighted by Gasteiger charge is 2.29. The Bertz CT molecular complexity index is 1290.